The number of aryl methyl sites for hydroxylation is 1. The van der Waals surface area contributed by atoms with Gasteiger partial charge in [0.1, 0.15) is 11.6 Å². The molecule has 7 heteroatoms. The molecule has 0 atom stereocenters. The zero-order valence-corrected chi connectivity index (χ0v) is 23.3. The zero-order valence-electron chi connectivity index (χ0n) is 23.3. The van der Waals surface area contributed by atoms with Gasteiger partial charge in [0.15, 0.2) is 17.5 Å². The first-order chi connectivity index (χ1) is 20.6. The maximum absolute atomic E-state index is 15.2. The summed E-state index contributed by atoms with van der Waals surface area (Å²) >= 11 is 0. The smallest absolute Gasteiger partial charge is 0.426 e. The molecule has 5 rings (SSSR count). The SMILES string of the molecule is CCCCCc1ccc(-c2ccc(-c3ccc(-c4ccc(C(F)(F)Oc5cc(F)c(F)c(F)c5)cc4)cc3)c(F)c2)cc1. The van der Waals surface area contributed by atoms with Crippen molar-refractivity contribution in [1.82, 2.24) is 0 Å². The number of benzene rings is 5. The minimum absolute atomic E-state index is 0.352. The molecular formula is C36H28F6O. The van der Waals surface area contributed by atoms with Crippen molar-refractivity contribution in [3.05, 3.63) is 138 Å². The molecule has 0 saturated heterocycles. The van der Waals surface area contributed by atoms with E-state index in [-0.39, 0.29) is 5.82 Å². The highest BCUT2D eigenvalue weighted by molar-refractivity contribution is 5.74. The molecule has 0 spiro atoms. The Hall–Kier alpha value is -4.52. The molecule has 0 aliphatic carbocycles. The van der Waals surface area contributed by atoms with Crippen LogP contribution in [0.2, 0.25) is 0 Å². The van der Waals surface area contributed by atoms with Gasteiger partial charge in [-0.1, -0.05) is 92.6 Å². The largest absolute Gasteiger partial charge is 0.429 e. The highest BCUT2D eigenvalue weighted by Crippen LogP contribution is 2.35. The Labute approximate surface area is 246 Å². The van der Waals surface area contributed by atoms with Crippen molar-refractivity contribution >= 4 is 0 Å². The van der Waals surface area contributed by atoms with Crippen LogP contribution in [0.3, 0.4) is 0 Å². The van der Waals surface area contributed by atoms with Crippen LogP contribution in [-0.4, -0.2) is 0 Å². The van der Waals surface area contributed by atoms with Gasteiger partial charge >= 0.3 is 6.11 Å². The molecule has 0 unspecified atom stereocenters. The van der Waals surface area contributed by atoms with E-state index in [4.69, 9.17) is 0 Å². The lowest BCUT2D eigenvalue weighted by molar-refractivity contribution is -0.185. The fraction of sp³-hybridized carbons (Fsp3) is 0.167. The standard InChI is InChI=1S/C36H28F6O/c1-2-3-4-5-23-6-8-26(9-7-23)28-16-19-31(32(37)20-28)27-12-10-24(11-13-27)25-14-17-29(18-15-25)36(41,42)43-30-21-33(38)35(40)34(39)22-30/h6-22H,2-5H2,1H3. The third kappa shape index (κ3) is 6.94. The summed E-state index contributed by atoms with van der Waals surface area (Å²) in [6, 6.07) is 26.2. The van der Waals surface area contributed by atoms with Crippen LogP contribution in [0.4, 0.5) is 26.3 Å². The van der Waals surface area contributed by atoms with Crippen LogP contribution in [0, 0.1) is 23.3 Å². The molecule has 0 N–H and O–H groups in total. The summed E-state index contributed by atoms with van der Waals surface area (Å²) in [5.41, 5.74) is 4.85. The Bertz CT molecular complexity index is 1670. The number of hydrogen-bond acceptors (Lipinski definition) is 1. The zero-order chi connectivity index (χ0) is 30.6. The van der Waals surface area contributed by atoms with E-state index in [1.54, 1.807) is 30.3 Å². The molecule has 0 aliphatic heterocycles. The van der Waals surface area contributed by atoms with Gasteiger partial charge in [0.05, 0.1) is 5.56 Å². The third-order valence-corrected chi connectivity index (χ3v) is 7.28. The second-order valence-corrected chi connectivity index (χ2v) is 10.3. The molecule has 220 valence electrons. The average molecular weight is 591 g/mol. The number of alkyl halides is 2. The minimum Gasteiger partial charge on any atom is -0.429 e. The van der Waals surface area contributed by atoms with E-state index >= 15 is 4.39 Å². The molecule has 0 amide bonds. The first-order valence-electron chi connectivity index (χ1n) is 14.0. The first kappa shape index (κ1) is 30.0. The summed E-state index contributed by atoms with van der Waals surface area (Å²) in [5.74, 6) is -6.25. The van der Waals surface area contributed by atoms with Gasteiger partial charge in [0, 0.05) is 17.7 Å². The highest BCUT2D eigenvalue weighted by Gasteiger charge is 2.35. The maximum atomic E-state index is 15.2. The number of unbranched alkanes of at least 4 members (excludes halogenated alkanes) is 2. The third-order valence-electron chi connectivity index (χ3n) is 7.28. The van der Waals surface area contributed by atoms with Crippen molar-refractivity contribution in [3.63, 3.8) is 0 Å². The fourth-order valence-corrected chi connectivity index (χ4v) is 4.87. The lowest BCUT2D eigenvalue weighted by Crippen LogP contribution is -2.22. The fourth-order valence-electron chi connectivity index (χ4n) is 4.87. The molecule has 0 heterocycles. The summed E-state index contributed by atoms with van der Waals surface area (Å²) in [6.07, 6.45) is 0.626. The van der Waals surface area contributed by atoms with Gasteiger partial charge in [-0.15, -0.1) is 0 Å². The van der Waals surface area contributed by atoms with Gasteiger partial charge in [-0.25, -0.2) is 17.6 Å². The van der Waals surface area contributed by atoms with Crippen molar-refractivity contribution in [1.29, 1.82) is 0 Å². The van der Waals surface area contributed by atoms with Crippen LogP contribution in [-0.2, 0) is 12.5 Å². The van der Waals surface area contributed by atoms with Gasteiger partial charge < -0.3 is 4.74 Å². The molecule has 0 aliphatic rings. The average Bonchev–Trinajstić information content (AvgIpc) is 3.00. The second-order valence-electron chi connectivity index (χ2n) is 10.3. The summed E-state index contributed by atoms with van der Waals surface area (Å²) in [6.45, 7) is 2.18. The normalized spacial score (nSPS) is 11.5. The van der Waals surface area contributed by atoms with Crippen molar-refractivity contribution in [2.24, 2.45) is 0 Å². The van der Waals surface area contributed by atoms with E-state index in [0.717, 1.165) is 36.1 Å². The highest BCUT2D eigenvalue weighted by atomic mass is 19.3. The van der Waals surface area contributed by atoms with E-state index in [2.05, 4.69) is 23.8 Å². The summed E-state index contributed by atoms with van der Waals surface area (Å²) < 4.78 is 88.8. The van der Waals surface area contributed by atoms with Gasteiger partial charge in [-0.2, -0.15) is 8.78 Å². The molecule has 0 fully saturated rings. The maximum Gasteiger partial charge on any atom is 0.426 e. The number of ether oxygens (including phenoxy) is 1. The molecule has 0 aromatic heterocycles. The Balaban J connectivity index is 1.27. The van der Waals surface area contributed by atoms with Crippen LogP contribution >= 0.6 is 0 Å². The van der Waals surface area contributed by atoms with Gasteiger partial charge in [0.25, 0.3) is 0 Å². The van der Waals surface area contributed by atoms with E-state index < -0.39 is 34.9 Å². The van der Waals surface area contributed by atoms with E-state index in [1.807, 2.05) is 18.2 Å². The molecular weight excluding hydrogens is 562 g/mol. The molecule has 0 saturated carbocycles. The Morgan fingerprint density at radius 2 is 1.07 bits per heavy atom. The molecule has 0 bridgehead atoms. The van der Waals surface area contributed by atoms with Crippen LogP contribution in [0.15, 0.2) is 103 Å². The van der Waals surface area contributed by atoms with Crippen LogP contribution < -0.4 is 4.74 Å². The Morgan fingerprint density at radius 3 is 1.65 bits per heavy atom. The van der Waals surface area contributed by atoms with Crippen molar-refractivity contribution in [3.8, 4) is 39.1 Å². The van der Waals surface area contributed by atoms with E-state index in [0.29, 0.717) is 34.4 Å². The lowest BCUT2D eigenvalue weighted by Gasteiger charge is -2.19. The number of hydrogen-bond donors (Lipinski definition) is 0. The molecule has 5 aromatic carbocycles. The van der Waals surface area contributed by atoms with Crippen molar-refractivity contribution < 1.29 is 31.1 Å². The predicted octanol–water partition coefficient (Wildman–Crippen LogP) is 11.1. The van der Waals surface area contributed by atoms with E-state index in [9.17, 15) is 22.0 Å². The number of halogens is 6. The minimum atomic E-state index is -3.93. The van der Waals surface area contributed by atoms with Gasteiger partial charge in [-0.3, -0.25) is 0 Å². The van der Waals surface area contributed by atoms with Crippen LogP contribution in [0.25, 0.3) is 33.4 Å². The van der Waals surface area contributed by atoms with E-state index in [1.165, 1.54) is 36.6 Å². The molecule has 0 radical (unpaired) electrons. The quantitative estimate of drug-likeness (QED) is 0.0893. The summed E-state index contributed by atoms with van der Waals surface area (Å²) in [5, 5.41) is 0. The van der Waals surface area contributed by atoms with Crippen molar-refractivity contribution in [2.45, 2.75) is 38.7 Å². The Kier molecular flexibility index (Phi) is 8.90. The van der Waals surface area contributed by atoms with Crippen LogP contribution in [0.5, 0.6) is 5.75 Å². The Morgan fingerprint density at radius 1 is 0.558 bits per heavy atom. The predicted molar refractivity (Wildman–Crippen MR) is 157 cm³/mol. The lowest BCUT2D eigenvalue weighted by atomic mass is 9.96. The van der Waals surface area contributed by atoms with Crippen LogP contribution in [0.1, 0.15) is 37.3 Å². The topological polar surface area (TPSA) is 9.23 Å². The second kappa shape index (κ2) is 12.8. The first-order valence-corrected chi connectivity index (χ1v) is 14.0. The monoisotopic (exact) mass is 590 g/mol. The molecule has 43 heavy (non-hydrogen) atoms. The van der Waals surface area contributed by atoms with Gasteiger partial charge in [-0.05, 0) is 64.4 Å². The number of rotatable bonds is 10. The van der Waals surface area contributed by atoms with Gasteiger partial charge in [0.2, 0.25) is 0 Å². The molecule has 5 aromatic rings. The van der Waals surface area contributed by atoms with Crippen molar-refractivity contribution in [2.75, 3.05) is 0 Å². The summed E-state index contributed by atoms with van der Waals surface area (Å²) in [4.78, 5) is 0. The summed E-state index contributed by atoms with van der Waals surface area (Å²) in [7, 11) is 0. The molecule has 1 nitrogen and oxygen atoms in total.